The number of nitrogens with two attached hydrogens (primary N) is 1. The normalized spacial score (nSPS) is 20.4. The number of nitrogens with one attached hydrogen (secondary N) is 1. The van der Waals surface area contributed by atoms with Crippen LogP contribution in [0.2, 0.25) is 0 Å². The van der Waals surface area contributed by atoms with Gasteiger partial charge in [0.2, 0.25) is 5.82 Å². The molecule has 4 aromatic heterocycles. The number of amides is 1. The Kier molecular flexibility index (Phi) is 5.79. The van der Waals surface area contributed by atoms with Crippen LogP contribution in [0.4, 0.5) is 10.2 Å². The Morgan fingerprint density at radius 2 is 1.93 bits per heavy atom. The zero-order valence-corrected chi connectivity index (χ0v) is 22.0. The standard InChI is InChI=1S/C29H28FN9O/c1-2-22-25(18-11-20-7-8-21(12-18)38(20)29(40)27-33-15-34-37-27)36-28-23(14-35-39(28)26(22)31)17-6-9-24(32-13-17)16-4-3-5-19(30)10-16/h3-6,9-10,13-15,18,20-21H,2,7-8,11-12,31H2,1H3,(H,33,34,37)/t18?,20-,21+. The van der Waals surface area contributed by atoms with E-state index in [0.29, 0.717) is 22.7 Å². The van der Waals surface area contributed by atoms with E-state index in [9.17, 15) is 9.18 Å². The number of hydrogen-bond donors (Lipinski definition) is 2. The highest BCUT2D eigenvalue weighted by Crippen LogP contribution is 2.45. The Balaban J connectivity index is 1.23. The van der Waals surface area contributed by atoms with E-state index >= 15 is 0 Å². The topological polar surface area (TPSA) is 131 Å². The highest BCUT2D eigenvalue weighted by molar-refractivity contribution is 5.91. The van der Waals surface area contributed by atoms with Gasteiger partial charge in [0.05, 0.1) is 17.6 Å². The van der Waals surface area contributed by atoms with Gasteiger partial charge in [0.1, 0.15) is 18.0 Å². The molecule has 0 saturated carbocycles. The van der Waals surface area contributed by atoms with E-state index in [1.165, 1.54) is 18.5 Å². The van der Waals surface area contributed by atoms with E-state index < -0.39 is 0 Å². The molecule has 6 heterocycles. The number of carbonyl (C=O) groups excluding carboxylic acids is 1. The van der Waals surface area contributed by atoms with Crippen LogP contribution in [0.1, 0.15) is 60.4 Å². The molecule has 0 aliphatic carbocycles. The molecule has 2 fully saturated rings. The zero-order valence-electron chi connectivity index (χ0n) is 22.0. The Morgan fingerprint density at radius 1 is 1.10 bits per heavy atom. The fourth-order valence-corrected chi connectivity index (χ4v) is 6.50. The average molecular weight is 538 g/mol. The molecule has 1 unspecified atom stereocenters. The van der Waals surface area contributed by atoms with Crippen LogP contribution in [-0.4, -0.2) is 57.7 Å². The molecule has 3 N–H and O–H groups in total. The maximum Gasteiger partial charge on any atom is 0.291 e. The minimum Gasteiger partial charge on any atom is -0.383 e. The van der Waals surface area contributed by atoms with Gasteiger partial charge in [-0.1, -0.05) is 25.1 Å². The van der Waals surface area contributed by atoms with Gasteiger partial charge in [0, 0.05) is 46.5 Å². The number of piperidine rings is 1. The van der Waals surface area contributed by atoms with E-state index in [4.69, 9.17) is 10.7 Å². The largest absolute Gasteiger partial charge is 0.383 e. The number of nitrogens with zero attached hydrogens (tertiary/aromatic N) is 7. The molecule has 3 atom stereocenters. The summed E-state index contributed by atoms with van der Waals surface area (Å²) in [6.07, 6.45) is 9.18. The van der Waals surface area contributed by atoms with Crippen LogP contribution in [0.5, 0.6) is 0 Å². The number of aromatic nitrogens is 7. The SMILES string of the molecule is CCc1c(C2C[C@H]3CC[C@@H](C2)N3C(=O)c2ncn[nH]2)nc2c(-c3ccc(-c4cccc(F)c4)nc3)cnn2c1N. The minimum absolute atomic E-state index is 0.0886. The summed E-state index contributed by atoms with van der Waals surface area (Å²) < 4.78 is 15.4. The number of halogens is 1. The first-order chi connectivity index (χ1) is 19.5. The van der Waals surface area contributed by atoms with E-state index in [0.717, 1.165) is 54.5 Å². The van der Waals surface area contributed by atoms with Crippen molar-refractivity contribution in [3.8, 4) is 22.4 Å². The van der Waals surface area contributed by atoms with Crippen molar-refractivity contribution in [2.75, 3.05) is 5.73 Å². The lowest BCUT2D eigenvalue weighted by Gasteiger charge is -2.38. The number of nitrogen functional groups attached to an aromatic ring is 1. The monoisotopic (exact) mass is 537 g/mol. The molecule has 2 aliphatic heterocycles. The summed E-state index contributed by atoms with van der Waals surface area (Å²) >= 11 is 0. The highest BCUT2D eigenvalue weighted by Gasteiger charge is 2.45. The summed E-state index contributed by atoms with van der Waals surface area (Å²) in [7, 11) is 0. The van der Waals surface area contributed by atoms with Gasteiger partial charge in [0.25, 0.3) is 5.91 Å². The van der Waals surface area contributed by atoms with E-state index in [1.807, 2.05) is 23.1 Å². The van der Waals surface area contributed by atoms with Crippen molar-refractivity contribution >= 4 is 17.4 Å². The number of aromatic amines is 1. The fourth-order valence-electron chi connectivity index (χ4n) is 6.50. The zero-order chi connectivity index (χ0) is 27.4. The molecule has 0 radical (unpaired) electrons. The van der Waals surface area contributed by atoms with Gasteiger partial charge < -0.3 is 10.6 Å². The number of rotatable bonds is 5. The lowest BCUT2D eigenvalue weighted by Crippen LogP contribution is -2.46. The molecule has 10 nitrogen and oxygen atoms in total. The number of benzene rings is 1. The van der Waals surface area contributed by atoms with Gasteiger partial charge in [-0.3, -0.25) is 14.9 Å². The predicted octanol–water partition coefficient (Wildman–Crippen LogP) is 4.41. The van der Waals surface area contributed by atoms with Crippen LogP contribution in [0.3, 0.4) is 0 Å². The van der Waals surface area contributed by atoms with Gasteiger partial charge in [0.15, 0.2) is 5.65 Å². The summed E-state index contributed by atoms with van der Waals surface area (Å²) in [5.41, 5.74) is 12.4. The molecule has 7 rings (SSSR count). The second-order valence-electron chi connectivity index (χ2n) is 10.6. The molecule has 40 heavy (non-hydrogen) atoms. The van der Waals surface area contributed by atoms with Crippen LogP contribution in [0, 0.1) is 5.82 Å². The van der Waals surface area contributed by atoms with E-state index in [-0.39, 0.29) is 35.6 Å². The molecule has 1 amide bonds. The summed E-state index contributed by atoms with van der Waals surface area (Å²) in [5.74, 6) is 0.663. The summed E-state index contributed by atoms with van der Waals surface area (Å²) in [6.45, 7) is 2.08. The molecular formula is C29H28FN9O. The number of fused-ring (bicyclic) bond motifs is 3. The van der Waals surface area contributed by atoms with Gasteiger partial charge in [-0.05, 0) is 50.3 Å². The first-order valence-corrected chi connectivity index (χ1v) is 13.6. The van der Waals surface area contributed by atoms with Gasteiger partial charge in [-0.25, -0.2) is 14.4 Å². The Bertz CT molecular complexity index is 1700. The number of pyridine rings is 1. The number of H-pyrrole nitrogens is 1. The van der Waals surface area contributed by atoms with Crippen LogP contribution < -0.4 is 5.73 Å². The van der Waals surface area contributed by atoms with Crippen LogP contribution in [0.15, 0.2) is 55.1 Å². The van der Waals surface area contributed by atoms with Crippen LogP contribution in [0.25, 0.3) is 28.0 Å². The Hall–Kier alpha value is -4.67. The molecule has 11 heteroatoms. The molecule has 202 valence electrons. The predicted molar refractivity (Wildman–Crippen MR) is 147 cm³/mol. The molecule has 1 aromatic carbocycles. The molecule has 2 bridgehead atoms. The Morgan fingerprint density at radius 3 is 2.60 bits per heavy atom. The fraction of sp³-hybridized carbons (Fsp3) is 0.310. The van der Waals surface area contributed by atoms with Crippen molar-refractivity contribution in [1.29, 1.82) is 0 Å². The minimum atomic E-state index is -0.299. The van der Waals surface area contributed by atoms with Gasteiger partial charge in [-0.2, -0.15) is 14.7 Å². The molecule has 2 saturated heterocycles. The van der Waals surface area contributed by atoms with Gasteiger partial charge in [-0.15, -0.1) is 0 Å². The highest BCUT2D eigenvalue weighted by atomic mass is 19.1. The van der Waals surface area contributed by atoms with Crippen molar-refractivity contribution < 1.29 is 9.18 Å². The van der Waals surface area contributed by atoms with Crippen molar-refractivity contribution in [2.45, 2.75) is 57.0 Å². The van der Waals surface area contributed by atoms with Crippen molar-refractivity contribution in [3.05, 3.63) is 78.0 Å². The number of hydrogen-bond acceptors (Lipinski definition) is 7. The lowest BCUT2D eigenvalue weighted by molar-refractivity contribution is 0.0557. The third-order valence-electron chi connectivity index (χ3n) is 8.34. The smallest absolute Gasteiger partial charge is 0.291 e. The van der Waals surface area contributed by atoms with Crippen LogP contribution >= 0.6 is 0 Å². The summed E-state index contributed by atoms with van der Waals surface area (Å²) in [4.78, 5) is 29.0. The molecular weight excluding hydrogens is 509 g/mol. The third-order valence-corrected chi connectivity index (χ3v) is 8.34. The van der Waals surface area contributed by atoms with Crippen LogP contribution in [-0.2, 0) is 6.42 Å². The lowest BCUT2D eigenvalue weighted by atomic mass is 9.85. The third kappa shape index (κ3) is 3.92. The number of anilines is 1. The van der Waals surface area contributed by atoms with E-state index in [2.05, 4.69) is 32.2 Å². The first kappa shape index (κ1) is 24.4. The van der Waals surface area contributed by atoms with E-state index in [1.54, 1.807) is 23.0 Å². The van der Waals surface area contributed by atoms with Crippen molar-refractivity contribution in [3.63, 3.8) is 0 Å². The average Bonchev–Trinajstić information content (AvgIpc) is 3.71. The molecule has 2 aliphatic rings. The quantitative estimate of drug-likeness (QED) is 0.339. The first-order valence-electron chi connectivity index (χ1n) is 13.6. The maximum atomic E-state index is 13.7. The summed E-state index contributed by atoms with van der Waals surface area (Å²) in [6, 6.07) is 10.4. The summed E-state index contributed by atoms with van der Waals surface area (Å²) in [5, 5.41) is 11.1. The maximum absolute atomic E-state index is 13.7. The van der Waals surface area contributed by atoms with Crippen molar-refractivity contribution in [1.82, 2.24) is 39.7 Å². The molecule has 0 spiro atoms. The van der Waals surface area contributed by atoms with Crippen molar-refractivity contribution in [2.24, 2.45) is 0 Å². The number of carbonyl (C=O) groups is 1. The molecule has 5 aromatic rings. The Labute approximate surface area is 229 Å². The van der Waals surface area contributed by atoms with Gasteiger partial charge >= 0.3 is 0 Å². The second-order valence-corrected chi connectivity index (χ2v) is 10.6. The second kappa shape index (κ2) is 9.51.